The van der Waals surface area contributed by atoms with Gasteiger partial charge in [-0.25, -0.2) is 0 Å². The Labute approximate surface area is 121 Å². The summed E-state index contributed by atoms with van der Waals surface area (Å²) in [5, 5.41) is 0. The Hall–Kier alpha value is -1.13. The van der Waals surface area contributed by atoms with Gasteiger partial charge in [0.15, 0.2) is 0 Å². The molecule has 0 radical (unpaired) electrons. The normalized spacial score (nSPS) is 11.3. The van der Waals surface area contributed by atoms with Crippen LogP contribution in [0.2, 0.25) is 0 Å². The first-order valence-corrected chi connectivity index (χ1v) is 7.02. The van der Waals surface area contributed by atoms with Crippen molar-refractivity contribution in [2.75, 3.05) is 13.2 Å². The standard InChI is InChI=1S/C15H23NO2S/c1-4-15(2,3)18-10-6-9-17-13-8-5-7-12(11-13)14(16)19/h5,7-8,11H,4,6,9-10H2,1-3H3,(H2,16,19). The maximum atomic E-state index is 5.76. The highest BCUT2D eigenvalue weighted by Gasteiger charge is 2.14. The summed E-state index contributed by atoms with van der Waals surface area (Å²) in [7, 11) is 0. The van der Waals surface area contributed by atoms with Gasteiger partial charge in [-0.2, -0.15) is 0 Å². The molecule has 3 nitrogen and oxygen atoms in total. The molecule has 0 spiro atoms. The van der Waals surface area contributed by atoms with Gasteiger partial charge in [0.05, 0.1) is 18.8 Å². The Balaban J connectivity index is 2.30. The van der Waals surface area contributed by atoms with Crippen molar-refractivity contribution in [3.8, 4) is 5.75 Å². The largest absolute Gasteiger partial charge is 0.493 e. The van der Waals surface area contributed by atoms with Crippen molar-refractivity contribution in [2.24, 2.45) is 5.73 Å². The van der Waals surface area contributed by atoms with Crippen LogP contribution < -0.4 is 10.5 Å². The van der Waals surface area contributed by atoms with E-state index in [1.807, 2.05) is 24.3 Å². The number of ether oxygens (including phenoxy) is 2. The summed E-state index contributed by atoms with van der Waals surface area (Å²) < 4.78 is 11.4. The highest BCUT2D eigenvalue weighted by atomic mass is 32.1. The number of rotatable bonds is 8. The smallest absolute Gasteiger partial charge is 0.119 e. The Morgan fingerprint density at radius 1 is 1.32 bits per heavy atom. The summed E-state index contributed by atoms with van der Waals surface area (Å²) in [5.41, 5.74) is 6.36. The topological polar surface area (TPSA) is 44.5 Å². The SMILES string of the molecule is CCC(C)(C)OCCCOc1cccc(C(N)=S)c1. The van der Waals surface area contributed by atoms with Crippen LogP contribution in [-0.4, -0.2) is 23.8 Å². The fraction of sp³-hybridized carbons (Fsp3) is 0.533. The molecule has 1 rings (SSSR count). The van der Waals surface area contributed by atoms with E-state index >= 15 is 0 Å². The van der Waals surface area contributed by atoms with Crippen molar-refractivity contribution in [2.45, 2.75) is 39.2 Å². The highest BCUT2D eigenvalue weighted by molar-refractivity contribution is 7.80. The number of thiocarbonyl (C=S) groups is 1. The second kappa shape index (κ2) is 7.46. The summed E-state index contributed by atoms with van der Waals surface area (Å²) >= 11 is 4.93. The lowest BCUT2D eigenvalue weighted by molar-refractivity contribution is -0.0241. The summed E-state index contributed by atoms with van der Waals surface area (Å²) in [5.74, 6) is 0.792. The molecule has 4 heteroatoms. The zero-order chi connectivity index (χ0) is 14.3. The molecule has 0 aromatic heterocycles. The number of nitrogens with two attached hydrogens (primary N) is 1. The van der Waals surface area contributed by atoms with E-state index in [9.17, 15) is 0 Å². The van der Waals surface area contributed by atoms with Gasteiger partial charge in [-0.15, -0.1) is 0 Å². The van der Waals surface area contributed by atoms with Crippen LogP contribution in [0, 0.1) is 0 Å². The van der Waals surface area contributed by atoms with Crippen LogP contribution in [0.1, 0.15) is 39.2 Å². The van der Waals surface area contributed by atoms with Crippen LogP contribution in [0.5, 0.6) is 5.75 Å². The van der Waals surface area contributed by atoms with Gasteiger partial charge >= 0.3 is 0 Å². The fourth-order valence-electron chi connectivity index (χ4n) is 1.44. The molecule has 2 N–H and O–H groups in total. The molecule has 0 aliphatic heterocycles. The van der Waals surface area contributed by atoms with Crippen LogP contribution >= 0.6 is 12.2 Å². The first kappa shape index (κ1) is 15.9. The van der Waals surface area contributed by atoms with Gasteiger partial charge in [0.1, 0.15) is 10.7 Å². The molecule has 0 unspecified atom stereocenters. The van der Waals surface area contributed by atoms with Crippen LogP contribution in [0.4, 0.5) is 0 Å². The quantitative estimate of drug-likeness (QED) is 0.586. The van der Waals surface area contributed by atoms with Crippen molar-refractivity contribution in [3.05, 3.63) is 29.8 Å². The van der Waals surface area contributed by atoms with Gasteiger partial charge in [0, 0.05) is 12.0 Å². The fourth-order valence-corrected chi connectivity index (χ4v) is 1.57. The molecule has 0 saturated heterocycles. The first-order valence-electron chi connectivity index (χ1n) is 6.61. The van der Waals surface area contributed by atoms with Gasteiger partial charge < -0.3 is 15.2 Å². The third-order valence-electron chi connectivity index (χ3n) is 3.02. The Morgan fingerprint density at radius 3 is 2.68 bits per heavy atom. The monoisotopic (exact) mass is 281 g/mol. The predicted molar refractivity (Wildman–Crippen MR) is 82.8 cm³/mol. The number of benzene rings is 1. The molecule has 19 heavy (non-hydrogen) atoms. The molecule has 0 aliphatic rings. The van der Waals surface area contributed by atoms with E-state index in [1.54, 1.807) is 0 Å². The summed E-state index contributed by atoms with van der Waals surface area (Å²) in [6, 6.07) is 7.53. The molecule has 0 heterocycles. The Morgan fingerprint density at radius 2 is 2.05 bits per heavy atom. The van der Waals surface area contributed by atoms with E-state index < -0.39 is 0 Å². The predicted octanol–water partition coefficient (Wildman–Crippen LogP) is 3.29. The third kappa shape index (κ3) is 6.03. The second-order valence-corrected chi connectivity index (χ2v) is 5.50. The lowest BCUT2D eigenvalue weighted by Crippen LogP contribution is -2.24. The maximum absolute atomic E-state index is 5.76. The zero-order valence-electron chi connectivity index (χ0n) is 11.9. The van der Waals surface area contributed by atoms with Gasteiger partial charge in [-0.1, -0.05) is 31.3 Å². The number of hydrogen-bond donors (Lipinski definition) is 1. The molecular weight excluding hydrogens is 258 g/mol. The van der Waals surface area contributed by atoms with Gasteiger partial charge in [-0.3, -0.25) is 0 Å². The van der Waals surface area contributed by atoms with Crippen LogP contribution in [0.3, 0.4) is 0 Å². The molecule has 0 saturated carbocycles. The third-order valence-corrected chi connectivity index (χ3v) is 3.26. The molecule has 0 aliphatic carbocycles. The molecule has 0 fully saturated rings. The molecule has 1 aromatic carbocycles. The van der Waals surface area contributed by atoms with Crippen molar-refractivity contribution in [3.63, 3.8) is 0 Å². The first-order chi connectivity index (χ1) is 8.94. The lowest BCUT2D eigenvalue weighted by atomic mass is 10.1. The van der Waals surface area contributed by atoms with Gasteiger partial charge in [-0.05, 0) is 32.4 Å². The van der Waals surface area contributed by atoms with Crippen molar-refractivity contribution in [1.29, 1.82) is 0 Å². The van der Waals surface area contributed by atoms with E-state index in [0.717, 1.165) is 24.2 Å². The van der Waals surface area contributed by atoms with Gasteiger partial charge in [0.25, 0.3) is 0 Å². The van der Waals surface area contributed by atoms with E-state index in [1.165, 1.54) is 0 Å². The maximum Gasteiger partial charge on any atom is 0.119 e. The minimum atomic E-state index is -0.0499. The number of hydrogen-bond acceptors (Lipinski definition) is 3. The van der Waals surface area contributed by atoms with E-state index in [0.29, 0.717) is 18.2 Å². The molecule has 0 atom stereocenters. The van der Waals surface area contributed by atoms with Crippen molar-refractivity contribution < 1.29 is 9.47 Å². The average Bonchev–Trinajstić information content (AvgIpc) is 2.38. The molecule has 1 aromatic rings. The second-order valence-electron chi connectivity index (χ2n) is 5.06. The van der Waals surface area contributed by atoms with Crippen molar-refractivity contribution >= 4 is 17.2 Å². The minimum absolute atomic E-state index is 0.0499. The van der Waals surface area contributed by atoms with Crippen LogP contribution in [0.25, 0.3) is 0 Å². The van der Waals surface area contributed by atoms with E-state index in [-0.39, 0.29) is 5.60 Å². The zero-order valence-corrected chi connectivity index (χ0v) is 12.8. The van der Waals surface area contributed by atoms with E-state index in [4.69, 9.17) is 27.4 Å². The van der Waals surface area contributed by atoms with Crippen LogP contribution in [-0.2, 0) is 4.74 Å². The van der Waals surface area contributed by atoms with Gasteiger partial charge in [0.2, 0.25) is 0 Å². The summed E-state index contributed by atoms with van der Waals surface area (Å²) in [6.07, 6.45) is 1.87. The van der Waals surface area contributed by atoms with E-state index in [2.05, 4.69) is 20.8 Å². The van der Waals surface area contributed by atoms with Crippen molar-refractivity contribution in [1.82, 2.24) is 0 Å². The Kier molecular flexibility index (Phi) is 6.25. The van der Waals surface area contributed by atoms with Crippen LogP contribution in [0.15, 0.2) is 24.3 Å². The molecular formula is C15H23NO2S. The molecule has 0 amide bonds. The lowest BCUT2D eigenvalue weighted by Gasteiger charge is -2.23. The minimum Gasteiger partial charge on any atom is -0.493 e. The Bertz CT molecular complexity index is 418. The summed E-state index contributed by atoms with van der Waals surface area (Å²) in [4.78, 5) is 0.387. The molecule has 0 bridgehead atoms. The highest BCUT2D eigenvalue weighted by Crippen LogP contribution is 2.15. The average molecular weight is 281 g/mol. The molecule has 106 valence electrons. The summed E-state index contributed by atoms with van der Waals surface area (Å²) in [6.45, 7) is 7.65.